The molecule has 0 fully saturated rings. The van der Waals surface area contributed by atoms with E-state index in [-0.39, 0.29) is 17.7 Å². The third kappa shape index (κ3) is 4.61. The summed E-state index contributed by atoms with van der Waals surface area (Å²) >= 11 is 3.83. The Labute approximate surface area is 367 Å². The summed E-state index contributed by atoms with van der Waals surface area (Å²) in [5.74, 6) is 0. The zero-order valence-electron chi connectivity index (χ0n) is 35.5. The van der Waals surface area contributed by atoms with Crippen LogP contribution in [-0.2, 0) is 10.8 Å². The molecular formula is C56H41BN2OS2. The van der Waals surface area contributed by atoms with E-state index in [1.54, 1.807) is 0 Å². The third-order valence-corrected chi connectivity index (χ3v) is 16.3. The van der Waals surface area contributed by atoms with Crippen molar-refractivity contribution in [3.05, 3.63) is 151 Å². The number of nitrogens with zero attached hydrogens (tertiary/aromatic N) is 2. The number of furan rings is 1. The van der Waals surface area contributed by atoms with Gasteiger partial charge in [0.05, 0.1) is 11.0 Å². The van der Waals surface area contributed by atoms with E-state index >= 15 is 0 Å². The van der Waals surface area contributed by atoms with E-state index in [1.807, 2.05) is 22.7 Å². The van der Waals surface area contributed by atoms with E-state index in [4.69, 9.17) is 4.42 Å². The molecule has 4 aromatic heterocycles. The summed E-state index contributed by atoms with van der Waals surface area (Å²) in [5.41, 5.74) is 16.1. The standard InChI is InChI=1S/C56H41BN2OS2/c1-55(2,3)30-15-18-32(19-16-30)59-45-25-41-35-20-17-31(56(4,5)6)23-50(35)62-51(41)27-39(45)36-21-22-37-38-24-40-33-11-7-9-13-47(33)60-48(40)29-44(38)58-46-26-42-34-12-8-10-14-49(34)61-52(42)28-43(46)57(59)53(36)54(37)58/h7-29H,1-6H3. The minimum atomic E-state index is -0.0678. The second-order valence-electron chi connectivity index (χ2n) is 19.7. The van der Waals surface area contributed by atoms with Crippen LogP contribution in [0.25, 0.3) is 101 Å². The molecule has 6 heteroatoms. The van der Waals surface area contributed by atoms with Crippen molar-refractivity contribution in [3.8, 4) is 16.8 Å². The topological polar surface area (TPSA) is 21.3 Å². The molecule has 2 aliphatic rings. The highest BCUT2D eigenvalue weighted by Crippen LogP contribution is 2.50. The van der Waals surface area contributed by atoms with E-state index < -0.39 is 0 Å². The number of aromatic nitrogens is 1. The smallest absolute Gasteiger partial charge is 0.333 e. The molecule has 0 spiro atoms. The molecule has 3 nitrogen and oxygen atoms in total. The van der Waals surface area contributed by atoms with Crippen LogP contribution < -0.4 is 15.7 Å². The van der Waals surface area contributed by atoms with Crippen molar-refractivity contribution in [2.45, 2.75) is 52.4 Å². The number of thiophene rings is 2. The van der Waals surface area contributed by atoms with Crippen LogP contribution in [0.2, 0.25) is 0 Å². The molecule has 0 N–H and O–H groups in total. The highest BCUT2D eigenvalue weighted by atomic mass is 32.1. The Hall–Kier alpha value is -6.34. The van der Waals surface area contributed by atoms with Gasteiger partial charge in [-0.25, -0.2) is 0 Å². The minimum Gasteiger partial charge on any atom is -0.456 e. The lowest BCUT2D eigenvalue weighted by molar-refractivity contribution is 0.590. The van der Waals surface area contributed by atoms with Crippen molar-refractivity contribution in [1.29, 1.82) is 0 Å². The van der Waals surface area contributed by atoms with Crippen molar-refractivity contribution in [1.82, 2.24) is 4.57 Å². The summed E-state index contributed by atoms with van der Waals surface area (Å²) in [6, 6.07) is 53.6. The Kier molecular flexibility index (Phi) is 6.70. The number of para-hydroxylation sites is 1. The Bertz CT molecular complexity index is 3960. The van der Waals surface area contributed by atoms with Crippen LogP contribution >= 0.6 is 22.7 Å². The fourth-order valence-electron chi connectivity index (χ4n) is 11.0. The summed E-state index contributed by atoms with van der Waals surface area (Å²) < 4.78 is 14.5. The van der Waals surface area contributed by atoms with Gasteiger partial charge in [0.1, 0.15) is 11.2 Å². The fraction of sp³-hybridized carbons (Fsp3) is 0.143. The lowest BCUT2D eigenvalue weighted by Gasteiger charge is -2.42. The van der Waals surface area contributed by atoms with Crippen LogP contribution in [0.4, 0.5) is 11.4 Å². The fourth-order valence-corrected chi connectivity index (χ4v) is 13.3. The molecule has 0 radical (unpaired) electrons. The maximum Gasteiger partial charge on any atom is 0.333 e. The predicted octanol–water partition coefficient (Wildman–Crippen LogP) is 15.3. The first-order valence-corrected chi connectivity index (χ1v) is 23.4. The zero-order chi connectivity index (χ0) is 41.6. The molecule has 0 atom stereocenters. The Morgan fingerprint density at radius 1 is 0.468 bits per heavy atom. The van der Waals surface area contributed by atoms with Gasteiger partial charge in [0.25, 0.3) is 0 Å². The van der Waals surface area contributed by atoms with E-state index in [2.05, 4.69) is 190 Å². The largest absolute Gasteiger partial charge is 0.456 e. The third-order valence-electron chi connectivity index (χ3n) is 14.1. The monoisotopic (exact) mass is 832 g/mol. The highest BCUT2D eigenvalue weighted by Gasteiger charge is 2.44. The van der Waals surface area contributed by atoms with Gasteiger partial charge < -0.3 is 13.8 Å². The van der Waals surface area contributed by atoms with Gasteiger partial charge in [-0.1, -0.05) is 114 Å². The lowest BCUT2D eigenvalue weighted by Crippen LogP contribution is -2.60. The van der Waals surface area contributed by atoms with Gasteiger partial charge in [0.2, 0.25) is 0 Å². The second-order valence-corrected chi connectivity index (χ2v) is 21.9. The first-order valence-electron chi connectivity index (χ1n) is 21.8. The van der Waals surface area contributed by atoms with Gasteiger partial charge in [0, 0.05) is 90.6 Å². The van der Waals surface area contributed by atoms with Crippen molar-refractivity contribution in [3.63, 3.8) is 0 Å². The highest BCUT2D eigenvalue weighted by molar-refractivity contribution is 7.26. The van der Waals surface area contributed by atoms with E-state index in [1.165, 1.54) is 112 Å². The summed E-state index contributed by atoms with van der Waals surface area (Å²) in [6.07, 6.45) is 0. The van der Waals surface area contributed by atoms with Crippen molar-refractivity contribution in [2.24, 2.45) is 0 Å². The molecular weight excluding hydrogens is 792 g/mol. The van der Waals surface area contributed by atoms with E-state index in [0.29, 0.717) is 0 Å². The molecule has 0 bridgehead atoms. The van der Waals surface area contributed by atoms with Gasteiger partial charge in [0.15, 0.2) is 0 Å². The van der Waals surface area contributed by atoms with Crippen LogP contribution in [0.15, 0.2) is 144 Å². The molecule has 12 aromatic rings. The molecule has 62 heavy (non-hydrogen) atoms. The number of fused-ring (bicyclic) bond motifs is 17. The summed E-state index contributed by atoms with van der Waals surface area (Å²) in [7, 11) is 0. The van der Waals surface area contributed by atoms with Crippen LogP contribution in [0, 0.1) is 0 Å². The maximum atomic E-state index is 6.61. The number of anilines is 2. The summed E-state index contributed by atoms with van der Waals surface area (Å²) in [5, 5.41) is 10.1. The van der Waals surface area contributed by atoms with Crippen LogP contribution in [-0.4, -0.2) is 11.4 Å². The van der Waals surface area contributed by atoms with Crippen LogP contribution in [0.3, 0.4) is 0 Å². The van der Waals surface area contributed by atoms with Crippen LogP contribution in [0.1, 0.15) is 52.7 Å². The molecule has 0 saturated carbocycles. The van der Waals surface area contributed by atoms with Crippen LogP contribution in [0.5, 0.6) is 0 Å². The first kappa shape index (κ1) is 35.3. The molecule has 0 saturated heterocycles. The molecule has 0 unspecified atom stereocenters. The van der Waals surface area contributed by atoms with Crippen molar-refractivity contribution < 1.29 is 4.42 Å². The second kappa shape index (κ2) is 11.8. The predicted molar refractivity (Wildman–Crippen MR) is 270 cm³/mol. The Morgan fingerprint density at radius 3 is 1.94 bits per heavy atom. The van der Waals surface area contributed by atoms with Gasteiger partial charge in [-0.05, 0) is 99.1 Å². The van der Waals surface area contributed by atoms with Crippen molar-refractivity contribution >= 4 is 136 Å². The minimum absolute atomic E-state index is 0.0421. The molecule has 8 aromatic carbocycles. The molecule has 0 amide bonds. The molecule has 6 heterocycles. The number of hydrogen-bond donors (Lipinski definition) is 0. The Balaban J connectivity index is 1.15. The van der Waals surface area contributed by atoms with Crippen molar-refractivity contribution in [2.75, 3.05) is 4.81 Å². The molecule has 296 valence electrons. The number of hydrogen-bond acceptors (Lipinski definition) is 4. The van der Waals surface area contributed by atoms with E-state index in [9.17, 15) is 0 Å². The van der Waals surface area contributed by atoms with Gasteiger partial charge in [-0.3, -0.25) is 0 Å². The molecule has 2 aliphatic heterocycles. The summed E-state index contributed by atoms with van der Waals surface area (Å²) in [6.45, 7) is 13.8. The maximum absolute atomic E-state index is 6.61. The molecule has 14 rings (SSSR count). The van der Waals surface area contributed by atoms with Gasteiger partial charge in [-0.15, -0.1) is 22.7 Å². The average Bonchev–Trinajstić information content (AvgIpc) is 4.01. The lowest BCUT2D eigenvalue weighted by atomic mass is 9.44. The normalized spacial score (nSPS) is 13.9. The van der Waals surface area contributed by atoms with E-state index in [0.717, 1.165) is 21.9 Å². The number of benzene rings is 8. The average molecular weight is 833 g/mol. The quantitative estimate of drug-likeness (QED) is 0.154. The first-order chi connectivity index (χ1) is 30.0. The summed E-state index contributed by atoms with van der Waals surface area (Å²) in [4.78, 5) is 2.69. The zero-order valence-corrected chi connectivity index (χ0v) is 37.1. The van der Waals surface area contributed by atoms with Gasteiger partial charge in [-0.2, -0.15) is 0 Å². The Morgan fingerprint density at radius 2 is 1.13 bits per heavy atom. The molecule has 0 aliphatic carbocycles. The SMILES string of the molecule is CC(C)(C)c1ccc(N2B3c4cc5sc6ccccc6c5cc4-n4c5cc6oc7ccccc7c6cc5c5ccc(c3c54)-c3cc4sc5cc(C(C)(C)C)ccc5c4cc32)cc1. The number of rotatable bonds is 1. The van der Waals surface area contributed by atoms with Gasteiger partial charge >= 0.3 is 6.85 Å².